The summed E-state index contributed by atoms with van der Waals surface area (Å²) in [5.41, 5.74) is 1.42. The first kappa shape index (κ1) is 24.0. The molecule has 0 bridgehead atoms. The molecular weight excluding hydrogens is 539 g/mol. The molecule has 1 amide bonds. The van der Waals surface area contributed by atoms with Crippen molar-refractivity contribution in [2.45, 2.75) is 37.2 Å². The number of nitriles is 1. The summed E-state index contributed by atoms with van der Waals surface area (Å²) in [5, 5.41) is 27.8. The highest BCUT2D eigenvalue weighted by Gasteiger charge is 2.52. The van der Waals surface area contributed by atoms with Crippen molar-refractivity contribution in [1.29, 1.82) is 5.26 Å². The Labute approximate surface area is 214 Å². The number of hydrogen-bond donors (Lipinski definition) is 2. The summed E-state index contributed by atoms with van der Waals surface area (Å²) in [6.07, 6.45) is 4.34. The number of imidazole rings is 1. The first-order chi connectivity index (χ1) is 16.6. The van der Waals surface area contributed by atoms with Gasteiger partial charge >= 0.3 is 0 Å². The fourth-order valence-corrected chi connectivity index (χ4v) is 6.92. The molecule has 11 heteroatoms. The number of carbonyl (C=O) groups is 1. The standard InChI is InChI=1S/C24H23BrClFN6O2/c1-32-11-29-20(21(32)23(34)30-15-3-4-17(27)16(26)7-15)12-5-13-8-24(35,9-14(13)6-12)22-19(25)18(10-28)31-33(22)2/h3-4,7,11-14,35H,5-6,8-9H2,1-2H3,(H,30,34). The average Bonchev–Trinajstić information content (AvgIpc) is 3.51. The van der Waals surface area contributed by atoms with Crippen molar-refractivity contribution in [3.63, 3.8) is 0 Å². The van der Waals surface area contributed by atoms with E-state index in [1.165, 1.54) is 18.2 Å². The van der Waals surface area contributed by atoms with Gasteiger partial charge in [-0.25, -0.2) is 9.37 Å². The predicted molar refractivity (Wildman–Crippen MR) is 130 cm³/mol. The Bertz CT molecular complexity index is 1360. The summed E-state index contributed by atoms with van der Waals surface area (Å²) in [6, 6.07) is 6.10. The number of anilines is 1. The number of amides is 1. The van der Waals surface area contributed by atoms with Crippen molar-refractivity contribution in [2.75, 3.05) is 5.32 Å². The number of aryl methyl sites for hydroxylation is 2. The van der Waals surface area contributed by atoms with Crippen LogP contribution in [0.15, 0.2) is 29.0 Å². The lowest BCUT2D eigenvalue weighted by Gasteiger charge is -2.25. The highest BCUT2D eigenvalue weighted by molar-refractivity contribution is 9.10. The number of fused-ring (bicyclic) bond motifs is 1. The van der Waals surface area contributed by atoms with Crippen LogP contribution in [0.2, 0.25) is 5.02 Å². The molecule has 182 valence electrons. The topological polar surface area (TPSA) is 109 Å². The van der Waals surface area contributed by atoms with E-state index >= 15 is 0 Å². The normalized spacial score (nSPS) is 25.5. The number of aliphatic hydroxyl groups is 1. The minimum absolute atomic E-state index is 0.0638. The van der Waals surface area contributed by atoms with Crippen LogP contribution >= 0.6 is 27.5 Å². The van der Waals surface area contributed by atoms with Crippen molar-refractivity contribution in [3.05, 3.63) is 62.6 Å². The maximum absolute atomic E-state index is 13.5. The van der Waals surface area contributed by atoms with Gasteiger partial charge in [0.25, 0.3) is 5.91 Å². The highest BCUT2D eigenvalue weighted by atomic mass is 79.9. The second-order valence-corrected chi connectivity index (χ2v) is 10.7. The van der Waals surface area contributed by atoms with Crippen molar-refractivity contribution in [2.24, 2.45) is 25.9 Å². The maximum atomic E-state index is 13.5. The number of halogens is 3. The Hall–Kier alpha value is -2.74. The zero-order valence-corrected chi connectivity index (χ0v) is 21.4. The van der Waals surface area contributed by atoms with Gasteiger partial charge in [0.05, 0.1) is 27.2 Å². The predicted octanol–water partition coefficient (Wildman–Crippen LogP) is 4.62. The molecule has 2 fully saturated rings. The van der Waals surface area contributed by atoms with Crippen molar-refractivity contribution in [1.82, 2.24) is 19.3 Å². The van der Waals surface area contributed by atoms with Gasteiger partial charge in [0.15, 0.2) is 5.69 Å². The van der Waals surface area contributed by atoms with Crippen LogP contribution in [-0.4, -0.2) is 30.3 Å². The molecule has 3 aromatic rings. The molecule has 2 unspecified atom stereocenters. The molecule has 8 nitrogen and oxygen atoms in total. The summed E-state index contributed by atoms with van der Waals surface area (Å²) in [4.78, 5) is 17.7. The Balaban J connectivity index is 1.34. The zero-order valence-electron chi connectivity index (χ0n) is 19.1. The van der Waals surface area contributed by atoms with Crippen LogP contribution in [0.3, 0.4) is 0 Å². The second-order valence-electron chi connectivity index (χ2n) is 9.55. The van der Waals surface area contributed by atoms with Gasteiger partial charge in [0.2, 0.25) is 0 Å². The largest absolute Gasteiger partial charge is 0.384 e. The monoisotopic (exact) mass is 560 g/mol. The number of carbonyl (C=O) groups excluding carboxylic acids is 1. The Morgan fingerprint density at radius 3 is 2.63 bits per heavy atom. The van der Waals surface area contributed by atoms with Crippen LogP contribution in [0, 0.1) is 29.0 Å². The summed E-state index contributed by atoms with van der Waals surface area (Å²) < 4.78 is 17.3. The first-order valence-corrected chi connectivity index (χ1v) is 12.4. The average molecular weight is 562 g/mol. The molecule has 0 radical (unpaired) electrons. The lowest BCUT2D eigenvalue weighted by atomic mass is 9.90. The van der Waals surface area contributed by atoms with E-state index in [0.29, 0.717) is 34.4 Å². The molecule has 0 aliphatic heterocycles. The number of nitrogens with zero attached hydrogens (tertiary/aromatic N) is 5. The quantitative estimate of drug-likeness (QED) is 0.483. The van der Waals surface area contributed by atoms with E-state index < -0.39 is 11.4 Å². The minimum atomic E-state index is -1.07. The lowest BCUT2D eigenvalue weighted by Crippen LogP contribution is -2.27. The van der Waals surface area contributed by atoms with Gasteiger partial charge in [-0.05, 0) is 71.6 Å². The van der Waals surface area contributed by atoms with Gasteiger partial charge in [-0.2, -0.15) is 10.4 Å². The number of hydrogen-bond acceptors (Lipinski definition) is 5. The SMILES string of the molecule is Cn1cnc(C2CC3CC(O)(c4c(Br)c(C#N)nn4C)CC3C2)c1C(=O)Nc1ccc(F)c(Cl)c1. The van der Waals surface area contributed by atoms with Crippen LogP contribution < -0.4 is 5.32 Å². The molecule has 2 heterocycles. The third-order valence-corrected chi connectivity index (χ3v) is 8.36. The molecule has 2 atom stereocenters. The minimum Gasteiger partial charge on any atom is -0.384 e. The number of rotatable bonds is 4. The Morgan fingerprint density at radius 2 is 2.03 bits per heavy atom. The highest BCUT2D eigenvalue weighted by Crippen LogP contribution is 2.57. The molecule has 2 saturated carbocycles. The van der Waals surface area contributed by atoms with Crippen molar-refractivity contribution >= 4 is 39.1 Å². The van der Waals surface area contributed by atoms with E-state index in [9.17, 15) is 19.6 Å². The molecule has 2 aliphatic rings. The van der Waals surface area contributed by atoms with E-state index in [1.807, 2.05) is 0 Å². The van der Waals surface area contributed by atoms with Gasteiger partial charge in [0, 0.05) is 25.7 Å². The Kier molecular flexibility index (Phi) is 5.98. The molecule has 2 aliphatic carbocycles. The van der Waals surface area contributed by atoms with Gasteiger partial charge in [-0.3, -0.25) is 9.48 Å². The summed E-state index contributed by atoms with van der Waals surface area (Å²) >= 11 is 9.30. The fraction of sp³-hybridized carbons (Fsp3) is 0.417. The van der Waals surface area contributed by atoms with Gasteiger partial charge in [-0.1, -0.05) is 11.6 Å². The zero-order chi connectivity index (χ0) is 25.1. The molecule has 5 rings (SSSR count). The number of nitrogens with one attached hydrogen (secondary N) is 1. The van der Waals surface area contributed by atoms with Crippen LogP contribution in [0.4, 0.5) is 10.1 Å². The number of benzene rings is 1. The van der Waals surface area contributed by atoms with E-state index in [-0.39, 0.29) is 34.4 Å². The molecule has 0 saturated heterocycles. The summed E-state index contributed by atoms with van der Waals surface area (Å²) in [7, 11) is 3.51. The van der Waals surface area contributed by atoms with Crippen LogP contribution in [-0.2, 0) is 19.7 Å². The van der Waals surface area contributed by atoms with Gasteiger partial charge in [0.1, 0.15) is 23.2 Å². The maximum Gasteiger partial charge on any atom is 0.274 e. The van der Waals surface area contributed by atoms with Gasteiger partial charge in [-0.15, -0.1) is 0 Å². The molecule has 1 aromatic carbocycles. The molecular formula is C24H23BrClFN6O2. The van der Waals surface area contributed by atoms with Crippen molar-refractivity contribution < 1.29 is 14.3 Å². The fourth-order valence-electron chi connectivity index (χ4n) is 5.94. The van der Waals surface area contributed by atoms with Crippen LogP contribution in [0.5, 0.6) is 0 Å². The van der Waals surface area contributed by atoms with E-state index in [0.717, 1.165) is 18.5 Å². The van der Waals surface area contributed by atoms with E-state index in [2.05, 4.69) is 37.4 Å². The Morgan fingerprint density at radius 1 is 1.34 bits per heavy atom. The molecule has 2 aromatic heterocycles. The lowest BCUT2D eigenvalue weighted by molar-refractivity contribution is 0.0256. The smallest absolute Gasteiger partial charge is 0.274 e. The van der Waals surface area contributed by atoms with Crippen LogP contribution in [0.25, 0.3) is 0 Å². The third-order valence-electron chi connectivity index (χ3n) is 7.32. The van der Waals surface area contributed by atoms with E-state index in [1.54, 1.807) is 29.7 Å². The second kappa shape index (κ2) is 8.73. The first-order valence-electron chi connectivity index (χ1n) is 11.2. The third kappa shape index (κ3) is 4.05. The summed E-state index contributed by atoms with van der Waals surface area (Å²) in [5.74, 6) is -0.292. The molecule has 35 heavy (non-hydrogen) atoms. The summed E-state index contributed by atoms with van der Waals surface area (Å²) in [6.45, 7) is 0. The number of aromatic nitrogens is 4. The van der Waals surface area contributed by atoms with Crippen LogP contribution in [0.1, 0.15) is 59.2 Å². The van der Waals surface area contributed by atoms with E-state index in [4.69, 9.17) is 11.6 Å². The van der Waals surface area contributed by atoms with Gasteiger partial charge < -0.3 is 15.0 Å². The van der Waals surface area contributed by atoms with Crippen molar-refractivity contribution in [3.8, 4) is 6.07 Å². The molecule has 2 N–H and O–H groups in total. The molecule has 0 spiro atoms.